The first-order valence-electron chi connectivity index (χ1n) is 8.94. The summed E-state index contributed by atoms with van der Waals surface area (Å²) in [4.78, 5) is 24.8. The molecule has 7 nitrogen and oxygen atoms in total. The lowest BCUT2D eigenvalue weighted by Gasteiger charge is -2.33. The molecule has 2 rings (SSSR count). The maximum absolute atomic E-state index is 12.4. The van der Waals surface area contributed by atoms with Gasteiger partial charge in [0.1, 0.15) is 0 Å². The van der Waals surface area contributed by atoms with Gasteiger partial charge in [-0.3, -0.25) is 9.59 Å². The summed E-state index contributed by atoms with van der Waals surface area (Å²) < 4.78 is 27.3. The summed E-state index contributed by atoms with van der Waals surface area (Å²) in [6.07, 6.45) is 5.39. The molecule has 2 N–H and O–H groups in total. The average molecular weight is 381 g/mol. The molecule has 1 fully saturated rings. The van der Waals surface area contributed by atoms with E-state index in [1.807, 2.05) is 0 Å². The van der Waals surface area contributed by atoms with E-state index >= 15 is 0 Å². The number of hydrogen-bond acceptors (Lipinski definition) is 4. The summed E-state index contributed by atoms with van der Waals surface area (Å²) in [5.74, 6) is -0.235. The molecule has 1 aliphatic rings. The highest BCUT2D eigenvalue weighted by Gasteiger charge is 2.23. The number of carbonyl (C=O) groups is 2. The molecule has 0 spiro atoms. The Kier molecular flexibility index (Phi) is 7.16. The van der Waals surface area contributed by atoms with Crippen molar-refractivity contribution in [2.75, 3.05) is 18.4 Å². The van der Waals surface area contributed by atoms with E-state index in [4.69, 9.17) is 0 Å². The molecular weight excluding hydrogens is 354 g/mol. The molecule has 1 aliphatic carbocycles. The quantitative estimate of drug-likeness (QED) is 0.756. The first kappa shape index (κ1) is 20.4. The van der Waals surface area contributed by atoms with Crippen LogP contribution in [0.4, 0.5) is 5.69 Å². The zero-order valence-corrected chi connectivity index (χ0v) is 16.1. The molecule has 0 bridgehead atoms. The topological polar surface area (TPSA) is 95.6 Å². The standard InChI is InChI=1S/C18H27N3O4S/c1-14(22)20-16-8-10-18(11-9-16)26(24,25)19-12-13-21(15(2)23)17-6-4-3-5-7-17/h8-11,17,19H,3-7,12-13H2,1-2H3,(H,20,22). The van der Waals surface area contributed by atoms with Gasteiger partial charge in [0.25, 0.3) is 0 Å². The maximum atomic E-state index is 12.4. The fourth-order valence-corrected chi connectivity index (χ4v) is 4.32. The second-order valence-electron chi connectivity index (χ2n) is 6.61. The van der Waals surface area contributed by atoms with Gasteiger partial charge in [-0.1, -0.05) is 19.3 Å². The van der Waals surface area contributed by atoms with Gasteiger partial charge in [0.15, 0.2) is 0 Å². The fraction of sp³-hybridized carbons (Fsp3) is 0.556. The zero-order valence-electron chi connectivity index (χ0n) is 15.3. The first-order chi connectivity index (χ1) is 12.3. The van der Waals surface area contributed by atoms with E-state index in [0.717, 1.165) is 25.7 Å². The second kappa shape index (κ2) is 9.14. The van der Waals surface area contributed by atoms with E-state index in [9.17, 15) is 18.0 Å². The smallest absolute Gasteiger partial charge is 0.240 e. The summed E-state index contributed by atoms with van der Waals surface area (Å²) in [6, 6.07) is 6.18. The second-order valence-corrected chi connectivity index (χ2v) is 8.37. The van der Waals surface area contributed by atoms with Crippen LogP contribution in [-0.2, 0) is 19.6 Å². The highest BCUT2D eigenvalue weighted by Crippen LogP contribution is 2.22. The number of anilines is 1. The van der Waals surface area contributed by atoms with Gasteiger partial charge in [-0.15, -0.1) is 0 Å². The third kappa shape index (κ3) is 5.81. The lowest BCUT2D eigenvalue weighted by Crippen LogP contribution is -2.44. The third-order valence-electron chi connectivity index (χ3n) is 4.55. The van der Waals surface area contributed by atoms with Crippen LogP contribution in [0.15, 0.2) is 29.2 Å². The van der Waals surface area contributed by atoms with E-state index in [1.165, 1.54) is 32.4 Å². The van der Waals surface area contributed by atoms with Gasteiger partial charge in [-0.25, -0.2) is 13.1 Å². The minimum Gasteiger partial charge on any atom is -0.339 e. The molecule has 0 aliphatic heterocycles. The highest BCUT2D eigenvalue weighted by atomic mass is 32.2. The molecule has 144 valence electrons. The lowest BCUT2D eigenvalue weighted by molar-refractivity contribution is -0.131. The van der Waals surface area contributed by atoms with Crippen LogP contribution in [-0.4, -0.2) is 44.3 Å². The van der Waals surface area contributed by atoms with Crippen LogP contribution in [0.3, 0.4) is 0 Å². The van der Waals surface area contributed by atoms with Gasteiger partial charge in [0, 0.05) is 38.7 Å². The summed E-state index contributed by atoms with van der Waals surface area (Å²) in [5.41, 5.74) is 0.538. The Labute approximate surface area is 155 Å². The van der Waals surface area contributed by atoms with Gasteiger partial charge >= 0.3 is 0 Å². The van der Waals surface area contributed by atoms with Crippen molar-refractivity contribution in [3.8, 4) is 0 Å². The molecule has 0 aromatic heterocycles. The maximum Gasteiger partial charge on any atom is 0.240 e. The van der Waals surface area contributed by atoms with Gasteiger partial charge in [0.05, 0.1) is 4.90 Å². The molecule has 0 radical (unpaired) electrons. The number of benzene rings is 1. The van der Waals surface area contributed by atoms with Crippen molar-refractivity contribution >= 4 is 27.5 Å². The Morgan fingerprint density at radius 2 is 1.69 bits per heavy atom. The average Bonchev–Trinajstić information content (AvgIpc) is 2.59. The number of rotatable bonds is 7. The summed E-state index contributed by atoms with van der Waals surface area (Å²) in [5, 5.41) is 2.59. The third-order valence-corrected chi connectivity index (χ3v) is 6.03. The number of nitrogens with zero attached hydrogens (tertiary/aromatic N) is 1. The molecule has 26 heavy (non-hydrogen) atoms. The van der Waals surface area contributed by atoms with E-state index < -0.39 is 10.0 Å². The van der Waals surface area contributed by atoms with Gasteiger partial charge in [0.2, 0.25) is 21.8 Å². The van der Waals surface area contributed by atoms with Crippen molar-refractivity contribution in [3.05, 3.63) is 24.3 Å². The number of nitrogens with one attached hydrogen (secondary N) is 2. The molecule has 2 amide bonds. The van der Waals surface area contributed by atoms with Crippen LogP contribution in [0.2, 0.25) is 0 Å². The summed E-state index contributed by atoms with van der Waals surface area (Å²) in [6.45, 7) is 3.46. The molecule has 0 saturated heterocycles. The van der Waals surface area contributed by atoms with Crippen molar-refractivity contribution < 1.29 is 18.0 Å². The Morgan fingerprint density at radius 3 is 2.23 bits per heavy atom. The van der Waals surface area contributed by atoms with Crippen LogP contribution in [0.5, 0.6) is 0 Å². The zero-order chi connectivity index (χ0) is 19.2. The minimum absolute atomic E-state index is 0.0178. The molecule has 8 heteroatoms. The van der Waals surface area contributed by atoms with E-state index in [0.29, 0.717) is 12.2 Å². The largest absolute Gasteiger partial charge is 0.339 e. The monoisotopic (exact) mass is 381 g/mol. The molecule has 1 aromatic rings. The lowest BCUT2D eigenvalue weighted by atomic mass is 9.94. The summed E-state index contributed by atoms with van der Waals surface area (Å²) >= 11 is 0. The molecule has 1 saturated carbocycles. The van der Waals surface area contributed by atoms with Crippen molar-refractivity contribution in [3.63, 3.8) is 0 Å². The van der Waals surface area contributed by atoms with Gasteiger partial charge < -0.3 is 10.2 Å². The van der Waals surface area contributed by atoms with E-state index in [2.05, 4.69) is 10.0 Å². The van der Waals surface area contributed by atoms with Gasteiger partial charge in [-0.2, -0.15) is 0 Å². The minimum atomic E-state index is -3.66. The number of amides is 2. The van der Waals surface area contributed by atoms with Crippen LogP contribution in [0.1, 0.15) is 46.0 Å². The Morgan fingerprint density at radius 1 is 1.08 bits per heavy atom. The summed E-state index contributed by atoms with van der Waals surface area (Å²) in [7, 11) is -3.66. The molecule has 0 atom stereocenters. The van der Waals surface area contributed by atoms with Crippen LogP contribution in [0.25, 0.3) is 0 Å². The van der Waals surface area contributed by atoms with Crippen LogP contribution < -0.4 is 10.0 Å². The van der Waals surface area contributed by atoms with Crippen LogP contribution >= 0.6 is 0 Å². The highest BCUT2D eigenvalue weighted by molar-refractivity contribution is 7.89. The Bertz CT molecular complexity index is 725. The Hall–Kier alpha value is -1.93. The van der Waals surface area contributed by atoms with Crippen molar-refractivity contribution in [1.29, 1.82) is 0 Å². The molecule has 0 heterocycles. The Balaban J connectivity index is 1.93. The molecule has 1 aromatic carbocycles. The predicted octanol–water partition coefficient (Wildman–Crippen LogP) is 2.10. The van der Waals surface area contributed by atoms with E-state index in [1.54, 1.807) is 17.0 Å². The fourth-order valence-electron chi connectivity index (χ4n) is 3.29. The van der Waals surface area contributed by atoms with E-state index in [-0.39, 0.29) is 29.3 Å². The number of sulfonamides is 1. The predicted molar refractivity (Wildman–Crippen MR) is 100 cm³/mol. The normalized spacial score (nSPS) is 15.5. The number of carbonyl (C=O) groups excluding carboxylic acids is 2. The molecular formula is C18H27N3O4S. The van der Waals surface area contributed by atoms with Gasteiger partial charge in [-0.05, 0) is 37.1 Å². The molecule has 0 unspecified atom stereocenters. The van der Waals surface area contributed by atoms with Crippen molar-refractivity contribution in [2.24, 2.45) is 0 Å². The van der Waals surface area contributed by atoms with Crippen LogP contribution in [0, 0.1) is 0 Å². The number of hydrogen-bond donors (Lipinski definition) is 2. The SMILES string of the molecule is CC(=O)Nc1ccc(S(=O)(=O)NCCN(C(C)=O)C2CCCCC2)cc1. The van der Waals surface area contributed by atoms with Crippen molar-refractivity contribution in [1.82, 2.24) is 9.62 Å². The van der Waals surface area contributed by atoms with Crippen molar-refractivity contribution in [2.45, 2.75) is 56.9 Å². The first-order valence-corrected chi connectivity index (χ1v) is 10.4.